The lowest BCUT2D eigenvalue weighted by molar-refractivity contribution is -0.117. The topological polar surface area (TPSA) is 85.3 Å². The first-order chi connectivity index (χ1) is 9.52. The van der Waals surface area contributed by atoms with E-state index in [1.807, 2.05) is 0 Å². The summed E-state index contributed by atoms with van der Waals surface area (Å²) in [7, 11) is 1.53. The molecule has 2 aromatic rings. The van der Waals surface area contributed by atoms with Crippen molar-refractivity contribution in [3.8, 4) is 5.69 Å². The molecule has 0 fully saturated rings. The van der Waals surface area contributed by atoms with Crippen molar-refractivity contribution in [2.24, 2.45) is 4.99 Å². The van der Waals surface area contributed by atoms with Crippen molar-refractivity contribution in [3.63, 3.8) is 0 Å². The van der Waals surface area contributed by atoms with Crippen molar-refractivity contribution in [1.29, 1.82) is 0 Å². The van der Waals surface area contributed by atoms with Gasteiger partial charge in [-0.25, -0.2) is 9.37 Å². The van der Waals surface area contributed by atoms with Gasteiger partial charge in [-0.05, 0) is 24.3 Å². The van der Waals surface area contributed by atoms with Crippen molar-refractivity contribution in [2.45, 2.75) is 6.92 Å². The first kappa shape index (κ1) is 13.7. The summed E-state index contributed by atoms with van der Waals surface area (Å²) in [5, 5.41) is 2.56. The van der Waals surface area contributed by atoms with E-state index in [9.17, 15) is 9.18 Å². The molecule has 7 heteroatoms. The molecule has 0 aliphatic heterocycles. The van der Waals surface area contributed by atoms with Crippen LogP contribution in [0.3, 0.4) is 0 Å². The second kappa shape index (κ2) is 5.52. The van der Waals surface area contributed by atoms with E-state index in [4.69, 9.17) is 5.73 Å². The first-order valence-corrected chi connectivity index (χ1v) is 5.86. The van der Waals surface area contributed by atoms with Crippen LogP contribution in [-0.4, -0.2) is 28.3 Å². The third-order valence-corrected chi connectivity index (χ3v) is 2.65. The second-order valence-electron chi connectivity index (χ2n) is 4.08. The van der Waals surface area contributed by atoms with E-state index in [0.717, 1.165) is 0 Å². The van der Waals surface area contributed by atoms with E-state index < -0.39 is 0 Å². The third-order valence-electron chi connectivity index (χ3n) is 2.65. The number of hydrogen-bond acceptors (Lipinski definition) is 4. The van der Waals surface area contributed by atoms with Crippen LogP contribution in [0.2, 0.25) is 0 Å². The highest BCUT2D eigenvalue weighted by Gasteiger charge is 2.15. The van der Waals surface area contributed by atoms with Crippen molar-refractivity contribution in [2.75, 3.05) is 12.8 Å². The quantitative estimate of drug-likeness (QED) is 0.636. The molecule has 20 heavy (non-hydrogen) atoms. The van der Waals surface area contributed by atoms with Crippen molar-refractivity contribution < 1.29 is 9.18 Å². The number of nitrogens with two attached hydrogens (primary N) is 1. The molecule has 0 atom stereocenters. The van der Waals surface area contributed by atoms with E-state index in [0.29, 0.717) is 17.2 Å². The maximum absolute atomic E-state index is 12.9. The molecule has 0 radical (unpaired) electrons. The number of hydrogen-bond donors (Lipinski definition) is 2. The molecule has 0 unspecified atom stereocenters. The molecule has 0 aliphatic carbocycles. The molecule has 6 nitrogen and oxygen atoms in total. The Morgan fingerprint density at radius 1 is 1.40 bits per heavy atom. The van der Waals surface area contributed by atoms with Gasteiger partial charge in [-0.1, -0.05) is 0 Å². The van der Waals surface area contributed by atoms with E-state index in [-0.39, 0.29) is 17.6 Å². The van der Waals surface area contributed by atoms with Gasteiger partial charge in [0.15, 0.2) is 5.84 Å². The van der Waals surface area contributed by atoms with E-state index in [2.05, 4.69) is 15.3 Å². The lowest BCUT2D eigenvalue weighted by atomic mass is 10.3. The monoisotopic (exact) mass is 275 g/mol. The number of rotatable bonds is 2. The van der Waals surface area contributed by atoms with Crippen molar-refractivity contribution >= 4 is 17.6 Å². The van der Waals surface area contributed by atoms with Gasteiger partial charge in [0, 0.05) is 19.7 Å². The molecule has 0 spiro atoms. The first-order valence-electron chi connectivity index (χ1n) is 5.86. The molecule has 104 valence electrons. The Labute approximate surface area is 115 Å². The van der Waals surface area contributed by atoms with Crippen LogP contribution in [0.15, 0.2) is 35.6 Å². The van der Waals surface area contributed by atoms with Crippen molar-refractivity contribution in [1.82, 2.24) is 14.9 Å². The zero-order chi connectivity index (χ0) is 14.7. The number of benzene rings is 1. The van der Waals surface area contributed by atoms with Gasteiger partial charge >= 0.3 is 0 Å². The van der Waals surface area contributed by atoms with Crippen molar-refractivity contribution in [3.05, 3.63) is 42.1 Å². The number of aromatic nitrogens is 2. The Morgan fingerprint density at radius 3 is 2.60 bits per heavy atom. The average Bonchev–Trinajstić information content (AvgIpc) is 2.79. The van der Waals surface area contributed by atoms with Crippen LogP contribution in [0.1, 0.15) is 12.6 Å². The third kappa shape index (κ3) is 2.66. The van der Waals surface area contributed by atoms with Gasteiger partial charge < -0.3 is 11.1 Å². The van der Waals surface area contributed by atoms with Crippen LogP contribution in [0.25, 0.3) is 5.69 Å². The number of aliphatic imine (C=N–C) groups is 1. The highest BCUT2D eigenvalue weighted by atomic mass is 19.1. The fraction of sp³-hybridized carbons (Fsp3) is 0.154. The molecule has 1 aromatic heterocycles. The Bertz CT molecular complexity index is 660. The van der Waals surface area contributed by atoms with Gasteiger partial charge in [0.05, 0.1) is 0 Å². The molecule has 1 amide bonds. The number of nitrogen functional groups attached to an aromatic ring is 1. The summed E-state index contributed by atoms with van der Waals surface area (Å²) in [6.07, 6.45) is 1.49. The minimum atomic E-state index is -0.332. The fourth-order valence-electron chi connectivity index (χ4n) is 1.74. The average molecular weight is 275 g/mol. The van der Waals surface area contributed by atoms with Crippen LogP contribution < -0.4 is 11.1 Å². The number of carbonyl (C=O) groups is 1. The Morgan fingerprint density at radius 2 is 2.05 bits per heavy atom. The van der Waals surface area contributed by atoms with Crippen LogP contribution in [0.4, 0.5) is 10.2 Å². The van der Waals surface area contributed by atoms with E-state index in [1.54, 1.807) is 16.7 Å². The Kier molecular flexibility index (Phi) is 3.79. The van der Waals surface area contributed by atoms with Gasteiger partial charge in [-0.15, -0.1) is 0 Å². The summed E-state index contributed by atoms with van der Waals surface area (Å²) in [6.45, 7) is 1.37. The van der Waals surface area contributed by atoms with Gasteiger partial charge in [0.2, 0.25) is 5.91 Å². The SMILES string of the molecule is CN=C(NC(C)=O)c1ncn(-c2ccc(F)cc2)c1N. The number of imidazole rings is 1. The van der Waals surface area contributed by atoms with Crippen LogP contribution in [0.5, 0.6) is 0 Å². The number of anilines is 1. The van der Waals surface area contributed by atoms with Crippen LogP contribution in [0, 0.1) is 5.82 Å². The highest BCUT2D eigenvalue weighted by Crippen LogP contribution is 2.17. The normalized spacial score (nSPS) is 11.4. The molecule has 0 saturated carbocycles. The molecule has 1 aromatic carbocycles. The summed E-state index contributed by atoms with van der Waals surface area (Å²) in [5.41, 5.74) is 7.04. The van der Waals surface area contributed by atoms with Gasteiger partial charge in [-0.2, -0.15) is 0 Å². The van der Waals surface area contributed by atoms with Crippen LogP contribution >= 0.6 is 0 Å². The standard InChI is InChI=1S/C13H14FN5O/c1-8(20)18-13(16-2)11-12(15)19(7-17-11)10-5-3-9(14)4-6-10/h3-7H,15H2,1-2H3,(H,16,18,20). The minimum Gasteiger partial charge on any atom is -0.383 e. The molecular weight excluding hydrogens is 261 g/mol. The molecule has 2 rings (SSSR count). The molecule has 1 heterocycles. The highest BCUT2D eigenvalue weighted by molar-refractivity contribution is 6.08. The summed E-state index contributed by atoms with van der Waals surface area (Å²) in [6, 6.07) is 5.82. The lowest BCUT2D eigenvalue weighted by Gasteiger charge is -2.07. The second-order valence-corrected chi connectivity index (χ2v) is 4.08. The minimum absolute atomic E-state index is 0.263. The predicted octanol–water partition coefficient (Wildman–Crippen LogP) is 1.11. The molecule has 0 bridgehead atoms. The maximum atomic E-state index is 12.9. The number of amides is 1. The zero-order valence-electron chi connectivity index (χ0n) is 11.1. The number of nitrogens with zero attached hydrogens (tertiary/aromatic N) is 3. The zero-order valence-corrected chi connectivity index (χ0v) is 11.1. The summed E-state index contributed by atoms with van der Waals surface area (Å²) < 4.78 is 14.5. The van der Waals surface area contributed by atoms with Crippen LogP contribution in [-0.2, 0) is 4.79 Å². The molecule has 0 aliphatic rings. The molecule has 3 N–H and O–H groups in total. The maximum Gasteiger partial charge on any atom is 0.222 e. The summed E-state index contributed by atoms with van der Waals surface area (Å²) >= 11 is 0. The Hall–Kier alpha value is -2.70. The van der Waals surface area contributed by atoms with E-state index >= 15 is 0 Å². The lowest BCUT2D eigenvalue weighted by Crippen LogP contribution is -2.30. The smallest absolute Gasteiger partial charge is 0.222 e. The number of amidine groups is 1. The van der Waals surface area contributed by atoms with Gasteiger partial charge in [0.25, 0.3) is 0 Å². The molecule has 0 saturated heterocycles. The predicted molar refractivity (Wildman–Crippen MR) is 74.2 cm³/mol. The summed E-state index contributed by atoms with van der Waals surface area (Å²) in [4.78, 5) is 19.2. The number of carbonyl (C=O) groups excluding carboxylic acids is 1. The largest absolute Gasteiger partial charge is 0.383 e. The Balaban J connectivity index is 2.40. The summed E-state index contributed by atoms with van der Waals surface area (Å²) in [5.74, 6) is 0.00451. The molecular formula is C13H14FN5O. The fourth-order valence-corrected chi connectivity index (χ4v) is 1.74. The van der Waals surface area contributed by atoms with Gasteiger partial charge in [0.1, 0.15) is 23.7 Å². The van der Waals surface area contributed by atoms with E-state index in [1.165, 1.54) is 32.4 Å². The number of nitrogens with one attached hydrogen (secondary N) is 1. The van der Waals surface area contributed by atoms with Gasteiger partial charge in [-0.3, -0.25) is 14.4 Å². The number of halogens is 1.